The van der Waals surface area contributed by atoms with Crippen molar-refractivity contribution in [1.82, 2.24) is 4.98 Å². The maximum Gasteiger partial charge on any atom is 0.155 e. The van der Waals surface area contributed by atoms with Crippen LogP contribution in [0.15, 0.2) is 41.8 Å². The van der Waals surface area contributed by atoms with Crippen LogP contribution >= 0.6 is 34.5 Å². The monoisotopic (exact) mass is 470 g/mol. The molecule has 0 aliphatic rings. The molecule has 0 aliphatic carbocycles. The molecular weight excluding hydrogens is 451 g/mol. The van der Waals surface area contributed by atoms with Crippen LogP contribution in [0.5, 0.6) is 11.5 Å². The SMILES string of the molecule is C#Cc1csc(COc2ccc(C(C)(C)c3cc(Cl)c(OCCCl)c(C#N)c3)cc2)n1. The number of benzene rings is 2. The molecule has 0 N–H and O–H groups in total. The Balaban J connectivity index is 1.79. The van der Waals surface area contributed by atoms with E-state index in [1.54, 1.807) is 0 Å². The van der Waals surface area contributed by atoms with Crippen molar-refractivity contribution in [3.63, 3.8) is 0 Å². The summed E-state index contributed by atoms with van der Waals surface area (Å²) < 4.78 is 11.4. The number of thiazole rings is 1. The number of halogens is 2. The van der Waals surface area contributed by atoms with Crippen LogP contribution in [0.25, 0.3) is 0 Å². The van der Waals surface area contributed by atoms with E-state index in [0.717, 1.165) is 21.9 Å². The van der Waals surface area contributed by atoms with Crippen molar-refractivity contribution in [2.45, 2.75) is 25.9 Å². The fraction of sp³-hybridized carbons (Fsp3) is 0.250. The van der Waals surface area contributed by atoms with E-state index in [1.807, 2.05) is 41.8 Å². The van der Waals surface area contributed by atoms with Gasteiger partial charge in [-0.1, -0.05) is 37.6 Å². The Hall–Kier alpha value is -2.70. The summed E-state index contributed by atoms with van der Waals surface area (Å²) >= 11 is 13.6. The summed E-state index contributed by atoms with van der Waals surface area (Å²) in [6.07, 6.45) is 5.35. The number of hydrogen-bond donors (Lipinski definition) is 0. The molecule has 0 saturated carbocycles. The Bertz CT molecular complexity index is 1140. The van der Waals surface area contributed by atoms with E-state index >= 15 is 0 Å². The van der Waals surface area contributed by atoms with E-state index in [4.69, 9.17) is 39.1 Å². The zero-order valence-electron chi connectivity index (χ0n) is 17.1. The maximum atomic E-state index is 9.56. The van der Waals surface area contributed by atoms with E-state index in [9.17, 15) is 5.26 Å². The van der Waals surface area contributed by atoms with Crippen molar-refractivity contribution >= 4 is 34.5 Å². The Labute approximate surface area is 196 Å². The molecule has 0 atom stereocenters. The number of alkyl halides is 1. The van der Waals surface area contributed by atoms with E-state index in [2.05, 4.69) is 30.8 Å². The Morgan fingerprint density at radius 3 is 2.52 bits per heavy atom. The molecule has 31 heavy (non-hydrogen) atoms. The maximum absolute atomic E-state index is 9.56. The molecule has 0 aliphatic heterocycles. The van der Waals surface area contributed by atoms with Gasteiger partial charge >= 0.3 is 0 Å². The number of aromatic nitrogens is 1. The third-order valence-electron chi connectivity index (χ3n) is 4.85. The Morgan fingerprint density at radius 1 is 1.16 bits per heavy atom. The third kappa shape index (κ3) is 5.32. The largest absolute Gasteiger partial charge is 0.489 e. The third-order valence-corrected chi connectivity index (χ3v) is 6.10. The van der Waals surface area contributed by atoms with E-state index in [1.165, 1.54) is 11.3 Å². The van der Waals surface area contributed by atoms with Crippen LogP contribution < -0.4 is 9.47 Å². The highest BCUT2D eigenvalue weighted by atomic mass is 35.5. The molecule has 0 saturated heterocycles. The number of terminal acetylenes is 1. The average Bonchev–Trinajstić information content (AvgIpc) is 3.24. The second-order valence-corrected chi connectivity index (χ2v) is 8.92. The molecule has 1 heterocycles. The summed E-state index contributed by atoms with van der Waals surface area (Å²) in [5, 5.41) is 12.6. The van der Waals surface area contributed by atoms with Gasteiger partial charge in [0.25, 0.3) is 0 Å². The number of nitriles is 1. The molecule has 3 rings (SSSR count). The summed E-state index contributed by atoms with van der Waals surface area (Å²) in [4.78, 5) is 4.29. The Morgan fingerprint density at radius 2 is 1.90 bits per heavy atom. The molecular formula is C24H20Cl2N2O2S. The number of ether oxygens (including phenoxy) is 2. The second-order valence-electron chi connectivity index (χ2n) is 7.19. The first-order chi connectivity index (χ1) is 14.9. The van der Waals surface area contributed by atoms with Crippen LogP contribution in [-0.2, 0) is 12.0 Å². The van der Waals surface area contributed by atoms with Gasteiger partial charge in [-0.05, 0) is 41.3 Å². The van der Waals surface area contributed by atoms with Crippen LogP contribution in [0.2, 0.25) is 5.02 Å². The van der Waals surface area contributed by atoms with Crippen LogP contribution in [0, 0.1) is 23.7 Å². The highest BCUT2D eigenvalue weighted by molar-refractivity contribution is 7.09. The Kier molecular flexibility index (Phi) is 7.46. The lowest BCUT2D eigenvalue weighted by atomic mass is 9.77. The van der Waals surface area contributed by atoms with Gasteiger partial charge in [0.2, 0.25) is 0 Å². The molecule has 0 radical (unpaired) electrons. The number of hydrogen-bond acceptors (Lipinski definition) is 5. The fourth-order valence-corrected chi connectivity index (χ4v) is 4.05. The van der Waals surface area contributed by atoms with Gasteiger partial charge in [0, 0.05) is 10.8 Å². The predicted molar refractivity (Wildman–Crippen MR) is 125 cm³/mol. The van der Waals surface area contributed by atoms with Gasteiger partial charge in [0.05, 0.1) is 16.5 Å². The van der Waals surface area contributed by atoms with Gasteiger partial charge in [-0.2, -0.15) is 5.26 Å². The molecule has 0 unspecified atom stereocenters. The van der Waals surface area contributed by atoms with Crippen molar-refractivity contribution in [2.75, 3.05) is 12.5 Å². The van der Waals surface area contributed by atoms with Gasteiger partial charge in [-0.3, -0.25) is 0 Å². The molecule has 4 nitrogen and oxygen atoms in total. The van der Waals surface area contributed by atoms with Crippen molar-refractivity contribution in [3.05, 3.63) is 74.2 Å². The van der Waals surface area contributed by atoms with Crippen LogP contribution in [0.1, 0.15) is 41.2 Å². The molecule has 0 bridgehead atoms. The summed E-state index contributed by atoms with van der Waals surface area (Å²) in [7, 11) is 0. The van der Waals surface area contributed by atoms with Crippen molar-refractivity contribution in [2.24, 2.45) is 0 Å². The lowest BCUT2D eigenvalue weighted by Crippen LogP contribution is -2.19. The minimum absolute atomic E-state index is 0.283. The molecule has 0 spiro atoms. The zero-order chi connectivity index (χ0) is 22.4. The van der Waals surface area contributed by atoms with Crippen molar-refractivity contribution < 1.29 is 9.47 Å². The average molecular weight is 471 g/mol. The van der Waals surface area contributed by atoms with Crippen LogP contribution in [0.3, 0.4) is 0 Å². The minimum atomic E-state index is -0.393. The van der Waals surface area contributed by atoms with Gasteiger partial charge in [0.15, 0.2) is 5.75 Å². The van der Waals surface area contributed by atoms with Crippen molar-refractivity contribution in [3.8, 4) is 29.9 Å². The standard InChI is InChI=1S/C24H20Cl2N2O2S/c1-4-19-15-31-22(28-19)14-30-20-7-5-17(6-8-20)24(2,3)18-11-16(13-27)23(21(26)12-18)29-10-9-25/h1,5-8,11-12,15H,9-10,14H2,2-3H3. The lowest BCUT2D eigenvalue weighted by molar-refractivity contribution is 0.305. The topological polar surface area (TPSA) is 55.1 Å². The molecule has 7 heteroatoms. The highest BCUT2D eigenvalue weighted by Crippen LogP contribution is 2.38. The van der Waals surface area contributed by atoms with Gasteiger partial charge < -0.3 is 9.47 Å². The van der Waals surface area contributed by atoms with E-state index < -0.39 is 5.41 Å². The second kappa shape index (κ2) is 10.1. The summed E-state index contributed by atoms with van der Waals surface area (Å²) in [5.74, 6) is 3.93. The fourth-order valence-electron chi connectivity index (χ4n) is 3.05. The van der Waals surface area contributed by atoms with Gasteiger partial charge in [0.1, 0.15) is 35.7 Å². The zero-order valence-corrected chi connectivity index (χ0v) is 19.4. The normalized spacial score (nSPS) is 10.9. The highest BCUT2D eigenvalue weighted by Gasteiger charge is 2.26. The molecule has 1 aromatic heterocycles. The minimum Gasteiger partial charge on any atom is -0.489 e. The number of rotatable bonds is 8. The lowest BCUT2D eigenvalue weighted by Gasteiger charge is -2.27. The first-order valence-electron chi connectivity index (χ1n) is 9.46. The molecule has 3 aromatic rings. The van der Waals surface area contributed by atoms with Gasteiger partial charge in [-0.15, -0.1) is 29.4 Å². The van der Waals surface area contributed by atoms with Crippen LogP contribution in [-0.4, -0.2) is 17.5 Å². The first kappa shape index (κ1) is 23.0. The smallest absolute Gasteiger partial charge is 0.155 e. The summed E-state index contributed by atoms with van der Waals surface area (Å²) in [5.41, 5.74) is 2.57. The summed E-state index contributed by atoms with van der Waals surface area (Å²) in [6.45, 7) is 4.79. The van der Waals surface area contributed by atoms with Crippen LogP contribution in [0.4, 0.5) is 0 Å². The predicted octanol–water partition coefficient (Wildman–Crippen LogP) is 6.17. The molecule has 0 fully saturated rings. The van der Waals surface area contributed by atoms with Gasteiger partial charge in [-0.25, -0.2) is 4.98 Å². The molecule has 0 amide bonds. The number of nitrogens with zero attached hydrogens (tertiary/aromatic N) is 2. The summed E-state index contributed by atoms with van der Waals surface area (Å²) in [6, 6.07) is 13.6. The molecule has 158 valence electrons. The van der Waals surface area contributed by atoms with E-state index in [0.29, 0.717) is 34.5 Å². The molecule has 2 aromatic carbocycles. The van der Waals surface area contributed by atoms with Crippen molar-refractivity contribution in [1.29, 1.82) is 5.26 Å². The quantitative estimate of drug-likeness (QED) is 0.291. The van der Waals surface area contributed by atoms with E-state index in [-0.39, 0.29) is 6.61 Å². The first-order valence-corrected chi connectivity index (χ1v) is 11.3.